The molecule has 0 saturated carbocycles. The fourth-order valence-corrected chi connectivity index (χ4v) is 4.29. The average Bonchev–Trinajstić information content (AvgIpc) is 3.13. The quantitative estimate of drug-likeness (QED) is 0.552. The first-order chi connectivity index (χ1) is 13.2. The minimum Gasteiger partial charge on any atom is -0.509 e. The maximum atomic E-state index is 10.6. The van der Waals surface area contributed by atoms with Gasteiger partial charge in [0.1, 0.15) is 22.4 Å². The Labute approximate surface area is 162 Å². The molecule has 4 rings (SSSR count). The van der Waals surface area contributed by atoms with Crippen molar-refractivity contribution in [3.63, 3.8) is 0 Å². The second kappa shape index (κ2) is 7.78. The molecule has 0 atom stereocenters. The first kappa shape index (κ1) is 17.5. The van der Waals surface area contributed by atoms with Gasteiger partial charge in [-0.2, -0.15) is 5.26 Å². The summed E-state index contributed by atoms with van der Waals surface area (Å²) in [4.78, 5) is 9.02. The molecule has 0 aliphatic carbocycles. The van der Waals surface area contributed by atoms with Crippen LogP contribution in [0.2, 0.25) is 0 Å². The lowest BCUT2D eigenvalue weighted by Crippen LogP contribution is -2.47. The van der Waals surface area contributed by atoms with Crippen LogP contribution < -0.4 is 4.90 Å². The van der Waals surface area contributed by atoms with Crippen molar-refractivity contribution >= 4 is 32.8 Å². The number of aliphatic hydroxyl groups is 1. The summed E-state index contributed by atoms with van der Waals surface area (Å²) in [5.41, 5.74) is 2.36. The summed E-state index contributed by atoms with van der Waals surface area (Å²) in [7, 11) is 0. The van der Waals surface area contributed by atoms with Gasteiger partial charge < -0.3 is 10.0 Å². The zero-order valence-electron chi connectivity index (χ0n) is 14.9. The summed E-state index contributed by atoms with van der Waals surface area (Å²) in [5.74, 6) is 0.102. The molecule has 27 heavy (non-hydrogen) atoms. The molecule has 1 aliphatic heterocycles. The minimum atomic E-state index is 0.102. The maximum Gasteiger partial charge on any atom is 0.138 e. The van der Waals surface area contributed by atoms with E-state index in [2.05, 4.69) is 33.0 Å². The summed E-state index contributed by atoms with van der Waals surface area (Å²) < 4.78 is 1.02. The second-order valence-electron chi connectivity index (χ2n) is 6.52. The highest BCUT2D eigenvalue weighted by Gasteiger charge is 2.20. The molecule has 5 nitrogen and oxygen atoms in total. The van der Waals surface area contributed by atoms with Crippen molar-refractivity contribution in [1.82, 2.24) is 9.88 Å². The van der Waals surface area contributed by atoms with E-state index in [0.29, 0.717) is 11.6 Å². The van der Waals surface area contributed by atoms with E-state index < -0.39 is 0 Å². The normalized spacial score (nSPS) is 16.2. The molecule has 0 unspecified atom stereocenters. The summed E-state index contributed by atoms with van der Waals surface area (Å²) in [5, 5.41) is 20.7. The summed E-state index contributed by atoms with van der Waals surface area (Å²) in [6, 6.07) is 20.3. The van der Waals surface area contributed by atoms with E-state index in [1.54, 1.807) is 0 Å². The van der Waals surface area contributed by atoms with Crippen molar-refractivity contribution in [2.24, 2.45) is 0 Å². The van der Waals surface area contributed by atoms with Gasteiger partial charge in [-0.1, -0.05) is 30.3 Å². The van der Waals surface area contributed by atoms with Crippen LogP contribution in [0.3, 0.4) is 0 Å². The van der Waals surface area contributed by atoms with Crippen molar-refractivity contribution < 1.29 is 5.11 Å². The SMILES string of the molecule is N#CC(=C(O)CN1CCN(c2ccccc2)CC1)c1nc2ccccc2s1. The Bertz CT molecular complexity index is 965. The summed E-state index contributed by atoms with van der Waals surface area (Å²) in [6.07, 6.45) is 0. The molecule has 2 heterocycles. The van der Waals surface area contributed by atoms with Gasteiger partial charge in [-0.15, -0.1) is 11.3 Å². The topological polar surface area (TPSA) is 63.4 Å². The fourth-order valence-electron chi connectivity index (χ4n) is 3.31. The predicted molar refractivity (Wildman–Crippen MR) is 110 cm³/mol. The number of anilines is 1. The average molecular weight is 376 g/mol. The molecular weight excluding hydrogens is 356 g/mol. The number of nitrogens with zero attached hydrogens (tertiary/aromatic N) is 4. The molecule has 0 spiro atoms. The van der Waals surface area contributed by atoms with Crippen LogP contribution >= 0.6 is 11.3 Å². The van der Waals surface area contributed by atoms with E-state index in [1.165, 1.54) is 17.0 Å². The molecule has 136 valence electrons. The minimum absolute atomic E-state index is 0.102. The Morgan fingerprint density at radius 1 is 1.04 bits per heavy atom. The van der Waals surface area contributed by atoms with E-state index in [-0.39, 0.29) is 11.3 Å². The van der Waals surface area contributed by atoms with Crippen LogP contribution in [-0.4, -0.2) is 47.7 Å². The first-order valence-corrected chi connectivity index (χ1v) is 9.77. The predicted octanol–water partition coefficient (Wildman–Crippen LogP) is 3.91. The van der Waals surface area contributed by atoms with E-state index >= 15 is 0 Å². The molecule has 1 N–H and O–H groups in total. The van der Waals surface area contributed by atoms with Gasteiger partial charge in [0.25, 0.3) is 0 Å². The number of piperazine rings is 1. The molecule has 1 aromatic heterocycles. The largest absolute Gasteiger partial charge is 0.509 e. The van der Waals surface area contributed by atoms with Gasteiger partial charge in [-0.3, -0.25) is 4.90 Å². The summed E-state index contributed by atoms with van der Waals surface area (Å²) >= 11 is 1.44. The van der Waals surface area contributed by atoms with Crippen LogP contribution in [0.15, 0.2) is 60.4 Å². The molecule has 0 bridgehead atoms. The lowest BCUT2D eigenvalue weighted by atomic mass is 10.2. The number of allylic oxidation sites excluding steroid dienone is 1. The highest BCUT2D eigenvalue weighted by atomic mass is 32.1. The number of aromatic nitrogens is 1. The van der Waals surface area contributed by atoms with Crippen molar-refractivity contribution in [1.29, 1.82) is 5.26 Å². The molecule has 0 amide bonds. The van der Waals surface area contributed by atoms with Crippen molar-refractivity contribution in [3.05, 3.63) is 65.4 Å². The Kier molecular flexibility index (Phi) is 5.05. The van der Waals surface area contributed by atoms with E-state index in [4.69, 9.17) is 0 Å². The van der Waals surface area contributed by atoms with Crippen LogP contribution in [0.4, 0.5) is 5.69 Å². The lowest BCUT2D eigenvalue weighted by molar-refractivity contribution is 0.239. The molecule has 6 heteroatoms. The first-order valence-electron chi connectivity index (χ1n) is 8.95. The van der Waals surface area contributed by atoms with Gasteiger partial charge in [0.05, 0.1) is 16.8 Å². The molecule has 1 fully saturated rings. The van der Waals surface area contributed by atoms with E-state index in [1.807, 2.05) is 42.5 Å². The number of hydrogen-bond acceptors (Lipinski definition) is 6. The van der Waals surface area contributed by atoms with Gasteiger partial charge in [0, 0.05) is 31.9 Å². The lowest BCUT2D eigenvalue weighted by Gasteiger charge is -2.35. The van der Waals surface area contributed by atoms with Crippen molar-refractivity contribution in [2.75, 3.05) is 37.6 Å². The third-order valence-corrected chi connectivity index (χ3v) is 5.83. The number of thiazole rings is 1. The zero-order chi connectivity index (χ0) is 18.6. The molecular formula is C21H20N4OS. The van der Waals surface area contributed by atoms with Crippen molar-refractivity contribution in [3.8, 4) is 6.07 Å². The molecule has 1 saturated heterocycles. The van der Waals surface area contributed by atoms with Gasteiger partial charge in [0.15, 0.2) is 0 Å². The van der Waals surface area contributed by atoms with Crippen LogP contribution in [0.1, 0.15) is 5.01 Å². The number of rotatable bonds is 4. The number of nitriles is 1. The standard InChI is InChI=1S/C21H20N4OS/c22-14-17(21-23-18-8-4-5-9-20(18)27-21)19(26)15-24-10-12-25(13-11-24)16-6-2-1-3-7-16/h1-9,26H,10-13,15H2. The second-order valence-corrected chi connectivity index (χ2v) is 7.55. The van der Waals surface area contributed by atoms with Crippen molar-refractivity contribution in [2.45, 2.75) is 0 Å². The summed E-state index contributed by atoms with van der Waals surface area (Å²) in [6.45, 7) is 3.87. The molecule has 0 radical (unpaired) electrons. The number of hydrogen-bond donors (Lipinski definition) is 1. The van der Waals surface area contributed by atoms with Crippen LogP contribution in [0.5, 0.6) is 0 Å². The van der Waals surface area contributed by atoms with Gasteiger partial charge in [-0.05, 0) is 24.3 Å². The number of aliphatic hydroxyl groups excluding tert-OH is 1. The van der Waals surface area contributed by atoms with Crippen LogP contribution in [-0.2, 0) is 0 Å². The monoisotopic (exact) mass is 376 g/mol. The Balaban J connectivity index is 1.46. The Morgan fingerprint density at radius 3 is 2.44 bits per heavy atom. The highest BCUT2D eigenvalue weighted by molar-refractivity contribution is 7.19. The maximum absolute atomic E-state index is 10.6. The third-order valence-electron chi connectivity index (χ3n) is 4.78. The fraction of sp³-hybridized carbons (Fsp3) is 0.238. The number of fused-ring (bicyclic) bond motifs is 1. The van der Waals surface area contributed by atoms with Gasteiger partial charge in [0.2, 0.25) is 0 Å². The molecule has 2 aromatic carbocycles. The van der Waals surface area contributed by atoms with Crippen LogP contribution in [0.25, 0.3) is 15.8 Å². The Morgan fingerprint density at radius 2 is 1.74 bits per heavy atom. The number of benzene rings is 2. The van der Waals surface area contributed by atoms with E-state index in [9.17, 15) is 10.4 Å². The van der Waals surface area contributed by atoms with Gasteiger partial charge >= 0.3 is 0 Å². The van der Waals surface area contributed by atoms with Crippen LogP contribution in [0, 0.1) is 11.3 Å². The Hall–Kier alpha value is -2.88. The zero-order valence-corrected chi connectivity index (χ0v) is 15.7. The van der Waals surface area contributed by atoms with Gasteiger partial charge in [-0.25, -0.2) is 4.98 Å². The van der Waals surface area contributed by atoms with E-state index in [0.717, 1.165) is 36.4 Å². The number of para-hydroxylation sites is 2. The molecule has 3 aromatic rings. The molecule has 1 aliphatic rings. The smallest absolute Gasteiger partial charge is 0.138 e. The third kappa shape index (κ3) is 3.80. The highest BCUT2D eigenvalue weighted by Crippen LogP contribution is 2.28.